The zero-order valence-electron chi connectivity index (χ0n) is 8.94. The molecule has 1 amide bonds. The molecule has 18 heavy (non-hydrogen) atoms. The van der Waals surface area contributed by atoms with Gasteiger partial charge in [0.25, 0.3) is 0 Å². The number of anilines is 1. The summed E-state index contributed by atoms with van der Waals surface area (Å²) in [6, 6.07) is 2.39. The van der Waals surface area contributed by atoms with Crippen LogP contribution < -0.4 is 10.6 Å². The average molecular weight is 268 g/mol. The maximum absolute atomic E-state index is 13.1. The Balaban J connectivity index is 2.47. The Morgan fingerprint density at radius 1 is 1.22 bits per heavy atom. The van der Waals surface area contributed by atoms with Crippen molar-refractivity contribution in [2.24, 2.45) is 0 Å². The highest BCUT2D eigenvalue weighted by Gasteiger charge is 2.26. The smallest absolute Gasteiger partial charge is 0.322 e. The Morgan fingerprint density at radius 3 is 2.50 bits per heavy atom. The lowest BCUT2D eigenvalue weighted by atomic mass is 10.3. The van der Waals surface area contributed by atoms with Crippen LogP contribution in [-0.2, 0) is 4.79 Å². The summed E-state index contributed by atoms with van der Waals surface area (Å²) >= 11 is 0. The van der Waals surface area contributed by atoms with Crippen molar-refractivity contribution < 1.29 is 26.7 Å². The Hall–Kier alpha value is -1.70. The summed E-state index contributed by atoms with van der Waals surface area (Å²) in [6.45, 7) is -2.00. The standard InChI is InChI=1S/C10H9F5N2O/c11-6-1-2-7(12)8(3-6)17-9(18)4-16-5-10(13,14)15/h1-3,16H,4-5H2,(H,17,18). The van der Waals surface area contributed by atoms with Gasteiger partial charge in [0.1, 0.15) is 11.6 Å². The number of nitrogens with one attached hydrogen (secondary N) is 2. The highest BCUT2D eigenvalue weighted by Crippen LogP contribution is 2.15. The summed E-state index contributed by atoms with van der Waals surface area (Å²) in [4.78, 5) is 11.1. The number of benzene rings is 1. The van der Waals surface area contributed by atoms with Gasteiger partial charge in [-0.25, -0.2) is 8.78 Å². The predicted octanol–water partition coefficient (Wildman–Crippen LogP) is 2.06. The van der Waals surface area contributed by atoms with Crippen LogP contribution in [0.1, 0.15) is 0 Å². The first kappa shape index (κ1) is 14.4. The summed E-state index contributed by atoms with van der Waals surface area (Å²) in [5.74, 6) is -2.54. The van der Waals surface area contributed by atoms with E-state index in [0.717, 1.165) is 18.2 Å². The second-order valence-electron chi connectivity index (χ2n) is 3.39. The molecule has 8 heteroatoms. The van der Waals surface area contributed by atoms with Crippen LogP contribution in [0, 0.1) is 11.6 Å². The number of amides is 1. The van der Waals surface area contributed by atoms with Gasteiger partial charge in [-0.15, -0.1) is 0 Å². The third kappa shape index (κ3) is 5.09. The summed E-state index contributed by atoms with van der Waals surface area (Å²) in [5.41, 5.74) is -0.422. The Bertz CT molecular complexity index is 433. The van der Waals surface area contributed by atoms with Gasteiger partial charge in [-0.3, -0.25) is 4.79 Å². The van der Waals surface area contributed by atoms with Crippen LogP contribution in [0.5, 0.6) is 0 Å². The minimum absolute atomic E-state index is 0.422. The van der Waals surface area contributed by atoms with Crippen molar-refractivity contribution in [3.63, 3.8) is 0 Å². The second kappa shape index (κ2) is 5.76. The van der Waals surface area contributed by atoms with E-state index in [1.807, 2.05) is 10.6 Å². The summed E-state index contributed by atoms with van der Waals surface area (Å²) in [5, 5.41) is 3.78. The van der Waals surface area contributed by atoms with Crippen LogP contribution in [0.15, 0.2) is 18.2 Å². The zero-order valence-corrected chi connectivity index (χ0v) is 8.94. The fourth-order valence-electron chi connectivity index (χ4n) is 1.11. The third-order valence-electron chi connectivity index (χ3n) is 1.81. The summed E-state index contributed by atoms with van der Waals surface area (Å²) < 4.78 is 61.0. The van der Waals surface area contributed by atoms with Gasteiger partial charge in [0.2, 0.25) is 5.91 Å². The fraction of sp³-hybridized carbons (Fsp3) is 0.300. The lowest BCUT2D eigenvalue weighted by molar-refractivity contribution is -0.126. The highest BCUT2D eigenvalue weighted by atomic mass is 19.4. The van der Waals surface area contributed by atoms with E-state index < -0.39 is 42.5 Å². The van der Waals surface area contributed by atoms with Gasteiger partial charge in [-0.1, -0.05) is 0 Å². The van der Waals surface area contributed by atoms with E-state index in [4.69, 9.17) is 0 Å². The average Bonchev–Trinajstić information content (AvgIpc) is 2.21. The molecule has 0 aromatic heterocycles. The molecule has 0 aliphatic carbocycles. The minimum atomic E-state index is -4.44. The summed E-state index contributed by atoms with van der Waals surface area (Å²) in [7, 11) is 0. The Morgan fingerprint density at radius 2 is 1.89 bits per heavy atom. The van der Waals surface area contributed by atoms with Crippen molar-refractivity contribution in [3.8, 4) is 0 Å². The molecule has 0 fully saturated rings. The maximum Gasteiger partial charge on any atom is 0.401 e. The van der Waals surface area contributed by atoms with Crippen LogP contribution in [0.4, 0.5) is 27.6 Å². The van der Waals surface area contributed by atoms with E-state index >= 15 is 0 Å². The first-order valence-electron chi connectivity index (χ1n) is 4.80. The number of alkyl halides is 3. The molecule has 0 aliphatic rings. The molecule has 0 aliphatic heterocycles. The number of halogens is 5. The van der Waals surface area contributed by atoms with Gasteiger partial charge in [0.05, 0.1) is 18.8 Å². The summed E-state index contributed by atoms with van der Waals surface area (Å²) in [6.07, 6.45) is -4.44. The van der Waals surface area contributed by atoms with Gasteiger partial charge in [0, 0.05) is 6.07 Å². The van der Waals surface area contributed by atoms with Gasteiger partial charge in [-0.2, -0.15) is 13.2 Å². The van der Waals surface area contributed by atoms with E-state index in [1.165, 1.54) is 0 Å². The molecular weight excluding hydrogens is 259 g/mol. The first-order chi connectivity index (χ1) is 8.28. The van der Waals surface area contributed by atoms with Crippen molar-refractivity contribution in [2.75, 3.05) is 18.4 Å². The molecule has 1 aromatic rings. The Labute approximate surface area is 99.0 Å². The van der Waals surface area contributed by atoms with E-state index in [2.05, 4.69) is 0 Å². The molecule has 0 radical (unpaired) electrons. The Kier molecular flexibility index (Phi) is 4.60. The molecule has 0 heterocycles. The van der Waals surface area contributed by atoms with Gasteiger partial charge < -0.3 is 10.6 Å². The van der Waals surface area contributed by atoms with E-state index in [1.54, 1.807) is 0 Å². The predicted molar refractivity (Wildman–Crippen MR) is 53.9 cm³/mol. The second-order valence-corrected chi connectivity index (χ2v) is 3.39. The largest absolute Gasteiger partial charge is 0.401 e. The third-order valence-corrected chi connectivity index (χ3v) is 1.81. The number of carbonyl (C=O) groups is 1. The minimum Gasteiger partial charge on any atom is -0.322 e. The monoisotopic (exact) mass is 268 g/mol. The van der Waals surface area contributed by atoms with Gasteiger partial charge in [0.15, 0.2) is 0 Å². The van der Waals surface area contributed by atoms with Gasteiger partial charge in [-0.05, 0) is 12.1 Å². The molecule has 2 N–H and O–H groups in total. The lowest BCUT2D eigenvalue weighted by Crippen LogP contribution is -2.35. The van der Waals surface area contributed by atoms with Gasteiger partial charge >= 0.3 is 6.18 Å². The molecule has 0 spiro atoms. The van der Waals surface area contributed by atoms with Crippen molar-refractivity contribution in [3.05, 3.63) is 29.8 Å². The number of hydrogen-bond acceptors (Lipinski definition) is 2. The molecule has 3 nitrogen and oxygen atoms in total. The van der Waals surface area contributed by atoms with Crippen LogP contribution in [0.2, 0.25) is 0 Å². The van der Waals surface area contributed by atoms with Crippen molar-refractivity contribution >= 4 is 11.6 Å². The number of rotatable bonds is 4. The number of hydrogen-bond donors (Lipinski definition) is 2. The quantitative estimate of drug-likeness (QED) is 0.821. The van der Waals surface area contributed by atoms with Crippen molar-refractivity contribution in [1.29, 1.82) is 0 Å². The first-order valence-corrected chi connectivity index (χ1v) is 4.80. The van der Waals surface area contributed by atoms with E-state index in [9.17, 15) is 26.7 Å². The molecule has 1 aromatic carbocycles. The van der Waals surface area contributed by atoms with Crippen LogP contribution in [0.25, 0.3) is 0 Å². The molecule has 0 unspecified atom stereocenters. The lowest BCUT2D eigenvalue weighted by Gasteiger charge is -2.09. The van der Waals surface area contributed by atoms with E-state index in [0.29, 0.717) is 0 Å². The zero-order chi connectivity index (χ0) is 13.8. The van der Waals surface area contributed by atoms with Crippen LogP contribution in [-0.4, -0.2) is 25.2 Å². The highest BCUT2D eigenvalue weighted by molar-refractivity contribution is 5.92. The topological polar surface area (TPSA) is 41.1 Å². The van der Waals surface area contributed by atoms with E-state index in [-0.39, 0.29) is 0 Å². The van der Waals surface area contributed by atoms with Crippen molar-refractivity contribution in [2.45, 2.75) is 6.18 Å². The van der Waals surface area contributed by atoms with Crippen LogP contribution >= 0.6 is 0 Å². The normalized spacial score (nSPS) is 11.4. The molecule has 100 valence electrons. The number of carbonyl (C=O) groups excluding carboxylic acids is 1. The van der Waals surface area contributed by atoms with Crippen LogP contribution in [0.3, 0.4) is 0 Å². The molecule has 0 atom stereocenters. The maximum atomic E-state index is 13.1. The SMILES string of the molecule is O=C(CNCC(F)(F)F)Nc1cc(F)ccc1F. The molecule has 0 saturated carbocycles. The molecule has 1 rings (SSSR count). The molecular formula is C10H9F5N2O. The molecule has 0 saturated heterocycles. The molecule has 0 bridgehead atoms. The van der Waals surface area contributed by atoms with Crippen molar-refractivity contribution in [1.82, 2.24) is 5.32 Å². The fourth-order valence-corrected chi connectivity index (χ4v) is 1.11.